The molecule has 0 radical (unpaired) electrons. The zero-order chi connectivity index (χ0) is 18.5. The Hall–Kier alpha value is -2.89. The molecule has 0 bridgehead atoms. The molecule has 1 N–H and O–H groups in total. The van der Waals surface area contributed by atoms with Crippen molar-refractivity contribution in [3.63, 3.8) is 0 Å². The third-order valence-corrected chi connectivity index (χ3v) is 4.76. The molecule has 1 fully saturated rings. The highest BCUT2D eigenvalue weighted by atomic mass is 16.6. The first kappa shape index (κ1) is 17.9. The van der Waals surface area contributed by atoms with Crippen molar-refractivity contribution < 1.29 is 9.72 Å². The molecule has 3 rings (SSSR count). The lowest BCUT2D eigenvalue weighted by atomic mass is 10.1. The van der Waals surface area contributed by atoms with Gasteiger partial charge in [0, 0.05) is 37.0 Å². The summed E-state index contributed by atoms with van der Waals surface area (Å²) in [5.41, 5.74) is 2.99. The second kappa shape index (κ2) is 7.99. The molecule has 2 aromatic carbocycles. The first-order chi connectivity index (χ1) is 12.6. The second-order valence-corrected chi connectivity index (χ2v) is 6.58. The Morgan fingerprint density at radius 1 is 1.15 bits per heavy atom. The zero-order valence-electron chi connectivity index (χ0n) is 14.9. The molecule has 6 nitrogen and oxygen atoms in total. The summed E-state index contributed by atoms with van der Waals surface area (Å²) in [5.74, 6) is -0.185. The number of piperidine rings is 1. The highest BCUT2D eigenvalue weighted by Crippen LogP contribution is 2.29. The molecule has 136 valence electrons. The van der Waals surface area contributed by atoms with Gasteiger partial charge in [0.25, 0.3) is 5.69 Å². The Bertz CT molecular complexity index is 814. The number of nitrogens with one attached hydrogen (secondary N) is 1. The number of nitro groups is 1. The summed E-state index contributed by atoms with van der Waals surface area (Å²) in [6, 6.07) is 12.7. The quantitative estimate of drug-likeness (QED) is 0.473. The topological polar surface area (TPSA) is 75.5 Å². The van der Waals surface area contributed by atoms with Crippen LogP contribution in [-0.2, 0) is 6.54 Å². The molecule has 0 aliphatic carbocycles. The number of carbonyl (C=O) groups is 1. The molecule has 1 aliphatic heterocycles. The van der Waals surface area contributed by atoms with Crippen LogP contribution in [0, 0.1) is 10.1 Å². The second-order valence-electron chi connectivity index (χ2n) is 6.58. The van der Waals surface area contributed by atoms with Crippen LogP contribution in [0.2, 0.25) is 0 Å². The summed E-state index contributed by atoms with van der Waals surface area (Å²) in [6.07, 6.45) is 3.66. The molecule has 0 atom stereocenters. The van der Waals surface area contributed by atoms with E-state index in [4.69, 9.17) is 0 Å². The predicted octanol–water partition coefficient (Wildman–Crippen LogP) is 4.40. The fraction of sp³-hybridized carbons (Fsp3) is 0.350. The van der Waals surface area contributed by atoms with Crippen LogP contribution in [0.1, 0.15) is 42.1 Å². The van der Waals surface area contributed by atoms with Crippen molar-refractivity contribution in [2.24, 2.45) is 0 Å². The zero-order valence-corrected chi connectivity index (χ0v) is 14.9. The number of Topliss-reactive ketones (excluding diaryl/α,β-unsaturated/α-hetero) is 1. The summed E-state index contributed by atoms with van der Waals surface area (Å²) in [4.78, 5) is 24.8. The van der Waals surface area contributed by atoms with Gasteiger partial charge < -0.3 is 10.2 Å². The highest BCUT2D eigenvalue weighted by molar-refractivity contribution is 5.95. The minimum absolute atomic E-state index is 0.0758. The highest BCUT2D eigenvalue weighted by Gasteiger charge is 2.18. The molecule has 1 aliphatic rings. The van der Waals surface area contributed by atoms with Crippen molar-refractivity contribution in [2.75, 3.05) is 23.3 Å². The monoisotopic (exact) mass is 353 g/mol. The summed E-state index contributed by atoms with van der Waals surface area (Å²) in [7, 11) is 0. The van der Waals surface area contributed by atoms with Gasteiger partial charge in [0.1, 0.15) is 5.69 Å². The molecular formula is C20H23N3O3. The van der Waals surface area contributed by atoms with Gasteiger partial charge in [0.05, 0.1) is 4.92 Å². The van der Waals surface area contributed by atoms with Crippen LogP contribution < -0.4 is 10.2 Å². The van der Waals surface area contributed by atoms with E-state index in [-0.39, 0.29) is 11.5 Å². The van der Waals surface area contributed by atoms with Gasteiger partial charge in [-0.2, -0.15) is 0 Å². The van der Waals surface area contributed by atoms with Gasteiger partial charge in [-0.1, -0.05) is 18.2 Å². The number of carbonyl (C=O) groups excluding carboxylic acids is 1. The van der Waals surface area contributed by atoms with Crippen molar-refractivity contribution in [1.82, 2.24) is 0 Å². The van der Waals surface area contributed by atoms with Gasteiger partial charge in [0.15, 0.2) is 5.78 Å². The predicted molar refractivity (Wildman–Crippen MR) is 103 cm³/mol. The molecule has 2 aromatic rings. The standard InChI is InChI=1S/C20H23N3O3/c1-15(24)16-9-10-18(20(13-16)23(25)26)21-14-17-7-3-4-8-19(17)22-11-5-2-6-12-22/h3-4,7-10,13,21H,2,5-6,11-12,14H2,1H3. The maximum absolute atomic E-state index is 11.5. The van der Waals surface area contributed by atoms with Crippen molar-refractivity contribution >= 4 is 22.8 Å². The summed E-state index contributed by atoms with van der Waals surface area (Å²) < 4.78 is 0. The SMILES string of the molecule is CC(=O)c1ccc(NCc2ccccc2N2CCCCC2)c([N+](=O)[O-])c1. The van der Waals surface area contributed by atoms with Crippen molar-refractivity contribution in [3.05, 3.63) is 63.7 Å². The molecule has 26 heavy (non-hydrogen) atoms. The molecular weight excluding hydrogens is 330 g/mol. The van der Waals surface area contributed by atoms with Gasteiger partial charge >= 0.3 is 0 Å². The number of hydrogen-bond acceptors (Lipinski definition) is 5. The van der Waals surface area contributed by atoms with Gasteiger partial charge in [-0.3, -0.25) is 14.9 Å². The Labute approximate surface area is 153 Å². The number of hydrogen-bond donors (Lipinski definition) is 1. The first-order valence-corrected chi connectivity index (χ1v) is 8.92. The summed E-state index contributed by atoms with van der Waals surface area (Å²) in [5, 5.41) is 14.5. The molecule has 0 spiro atoms. The van der Waals surface area contributed by atoms with Gasteiger partial charge in [-0.05, 0) is 49.9 Å². The van der Waals surface area contributed by atoms with E-state index in [1.807, 2.05) is 18.2 Å². The van der Waals surface area contributed by atoms with Gasteiger partial charge in [-0.25, -0.2) is 0 Å². The molecule has 0 aromatic heterocycles. The van der Waals surface area contributed by atoms with E-state index in [0.29, 0.717) is 17.8 Å². The molecule has 6 heteroatoms. The first-order valence-electron chi connectivity index (χ1n) is 8.92. The van der Waals surface area contributed by atoms with Crippen molar-refractivity contribution in [1.29, 1.82) is 0 Å². The van der Waals surface area contributed by atoms with E-state index in [9.17, 15) is 14.9 Å². The van der Waals surface area contributed by atoms with Crippen LogP contribution in [0.15, 0.2) is 42.5 Å². The Kier molecular flexibility index (Phi) is 5.51. The largest absolute Gasteiger partial charge is 0.375 e. The maximum Gasteiger partial charge on any atom is 0.293 e. The Morgan fingerprint density at radius 2 is 1.88 bits per heavy atom. The number of anilines is 2. The van der Waals surface area contributed by atoms with Gasteiger partial charge in [0.2, 0.25) is 0 Å². The summed E-state index contributed by atoms with van der Waals surface area (Å²) >= 11 is 0. The average Bonchev–Trinajstić information content (AvgIpc) is 2.67. The lowest BCUT2D eigenvalue weighted by molar-refractivity contribution is -0.384. The lowest BCUT2D eigenvalue weighted by Crippen LogP contribution is -2.30. The van der Waals surface area contributed by atoms with Crippen LogP contribution in [0.25, 0.3) is 0 Å². The molecule has 1 heterocycles. The van der Waals surface area contributed by atoms with Crippen LogP contribution in [0.4, 0.5) is 17.1 Å². The average molecular weight is 353 g/mol. The van der Waals surface area contributed by atoms with E-state index < -0.39 is 4.92 Å². The van der Waals surface area contributed by atoms with Crippen molar-refractivity contribution in [3.8, 4) is 0 Å². The van der Waals surface area contributed by atoms with Crippen LogP contribution in [-0.4, -0.2) is 23.8 Å². The normalized spacial score (nSPS) is 14.1. The smallest absolute Gasteiger partial charge is 0.293 e. The maximum atomic E-state index is 11.5. The third-order valence-electron chi connectivity index (χ3n) is 4.76. The minimum atomic E-state index is -0.453. The van der Waals surface area contributed by atoms with E-state index >= 15 is 0 Å². The number of rotatable bonds is 6. The molecule has 0 unspecified atom stereocenters. The van der Waals surface area contributed by atoms with Crippen LogP contribution in [0.3, 0.4) is 0 Å². The van der Waals surface area contributed by atoms with E-state index in [1.165, 1.54) is 37.9 Å². The molecule has 0 amide bonds. The van der Waals surface area contributed by atoms with Crippen molar-refractivity contribution in [2.45, 2.75) is 32.7 Å². The van der Waals surface area contributed by atoms with Crippen LogP contribution in [0.5, 0.6) is 0 Å². The van der Waals surface area contributed by atoms with Crippen LogP contribution >= 0.6 is 0 Å². The summed E-state index contributed by atoms with van der Waals surface area (Å²) in [6.45, 7) is 3.99. The molecule has 1 saturated heterocycles. The number of nitro benzene ring substituents is 1. The van der Waals surface area contributed by atoms with Gasteiger partial charge in [-0.15, -0.1) is 0 Å². The third kappa shape index (κ3) is 4.02. The molecule has 0 saturated carbocycles. The number of nitrogens with zero attached hydrogens (tertiary/aromatic N) is 2. The fourth-order valence-corrected chi connectivity index (χ4v) is 3.35. The Balaban J connectivity index is 1.81. The number of ketones is 1. The van der Waals surface area contributed by atoms with E-state index in [2.05, 4.69) is 16.3 Å². The van der Waals surface area contributed by atoms with E-state index in [0.717, 1.165) is 18.7 Å². The fourth-order valence-electron chi connectivity index (χ4n) is 3.35. The Morgan fingerprint density at radius 3 is 2.58 bits per heavy atom. The van der Waals surface area contributed by atoms with E-state index in [1.54, 1.807) is 12.1 Å². The number of para-hydroxylation sites is 1. The lowest BCUT2D eigenvalue weighted by Gasteiger charge is -2.30. The minimum Gasteiger partial charge on any atom is -0.375 e. The number of benzene rings is 2.